The second-order valence-electron chi connectivity index (χ2n) is 6.10. The van der Waals surface area contributed by atoms with Gasteiger partial charge in [-0.05, 0) is 52.9 Å². The average Bonchev–Trinajstić information content (AvgIpc) is 3.21. The highest BCUT2D eigenvalue weighted by atomic mass is 16.6. The molecule has 3 aromatic carbocycles. The van der Waals surface area contributed by atoms with Crippen LogP contribution in [0.25, 0.3) is 22.6 Å². The Morgan fingerprint density at radius 2 is 1.58 bits per heavy atom. The number of nitro benzene ring substituents is 2. The number of fused-ring (bicyclic) bond motifs is 1. The third-order valence-corrected chi connectivity index (χ3v) is 4.13. The van der Waals surface area contributed by atoms with Gasteiger partial charge in [0, 0.05) is 11.6 Å². The topological polar surface area (TPSA) is 162 Å². The lowest BCUT2D eigenvalue weighted by Crippen LogP contribution is -1.92. The molecule has 0 saturated heterocycles. The Labute approximate surface area is 172 Å². The molecule has 0 amide bonds. The van der Waals surface area contributed by atoms with Crippen molar-refractivity contribution in [3.8, 4) is 11.5 Å². The summed E-state index contributed by atoms with van der Waals surface area (Å²) >= 11 is 0. The highest BCUT2D eigenvalue weighted by Gasteiger charge is 2.19. The van der Waals surface area contributed by atoms with Gasteiger partial charge in [-0.2, -0.15) is 0 Å². The Kier molecular flexibility index (Phi) is 5.17. The van der Waals surface area contributed by atoms with Crippen molar-refractivity contribution in [3.63, 3.8) is 0 Å². The molecule has 0 aliphatic carbocycles. The van der Waals surface area contributed by atoms with Crippen LogP contribution >= 0.6 is 0 Å². The lowest BCUT2D eigenvalue weighted by Gasteiger charge is -1.96. The lowest BCUT2D eigenvalue weighted by molar-refractivity contribution is -0.393. The van der Waals surface area contributed by atoms with E-state index in [9.17, 15) is 20.2 Å². The van der Waals surface area contributed by atoms with Gasteiger partial charge in [-0.3, -0.25) is 20.2 Å². The van der Waals surface area contributed by atoms with Gasteiger partial charge in [0.25, 0.3) is 5.69 Å². The molecule has 12 nitrogen and oxygen atoms in total. The van der Waals surface area contributed by atoms with Gasteiger partial charge in [0.1, 0.15) is 5.52 Å². The highest BCUT2D eigenvalue weighted by Crippen LogP contribution is 2.31. The summed E-state index contributed by atoms with van der Waals surface area (Å²) in [6, 6.07) is 17.2. The van der Waals surface area contributed by atoms with Gasteiger partial charge in [0.05, 0.1) is 21.6 Å². The summed E-state index contributed by atoms with van der Waals surface area (Å²) in [7, 11) is 0. The van der Waals surface area contributed by atoms with E-state index in [0.29, 0.717) is 17.2 Å². The first-order valence-electron chi connectivity index (χ1n) is 8.72. The van der Waals surface area contributed by atoms with E-state index < -0.39 is 21.2 Å². The Bertz CT molecular complexity index is 1310. The fourth-order valence-electron chi connectivity index (χ4n) is 2.66. The molecule has 0 saturated carbocycles. The quantitative estimate of drug-likeness (QED) is 0.209. The van der Waals surface area contributed by atoms with Crippen LogP contribution in [-0.2, 0) is 0 Å². The number of oxazole rings is 1. The molecule has 0 atom stereocenters. The van der Waals surface area contributed by atoms with E-state index in [-0.39, 0.29) is 5.69 Å². The molecule has 0 spiro atoms. The van der Waals surface area contributed by atoms with E-state index in [4.69, 9.17) is 4.42 Å². The Morgan fingerprint density at radius 3 is 2.29 bits per heavy atom. The van der Waals surface area contributed by atoms with E-state index in [1.807, 2.05) is 24.3 Å². The van der Waals surface area contributed by atoms with Crippen LogP contribution in [0.3, 0.4) is 0 Å². The zero-order chi connectivity index (χ0) is 21.8. The zero-order valence-electron chi connectivity index (χ0n) is 15.5. The molecule has 0 unspecified atom stereocenters. The first kappa shape index (κ1) is 19.4. The van der Waals surface area contributed by atoms with Crippen LogP contribution in [0.2, 0.25) is 0 Å². The summed E-state index contributed by atoms with van der Waals surface area (Å²) < 4.78 is 5.70. The molecule has 4 rings (SSSR count). The molecule has 12 heteroatoms. The van der Waals surface area contributed by atoms with Gasteiger partial charge >= 0.3 is 5.69 Å². The third kappa shape index (κ3) is 4.27. The Balaban J connectivity index is 1.48. The van der Waals surface area contributed by atoms with Crippen molar-refractivity contribution in [2.75, 3.05) is 0 Å². The molecule has 152 valence electrons. The monoisotopic (exact) mass is 417 g/mol. The summed E-state index contributed by atoms with van der Waals surface area (Å²) in [5, 5.41) is 36.2. The van der Waals surface area contributed by atoms with Gasteiger partial charge in [-0.1, -0.05) is 12.1 Å². The van der Waals surface area contributed by atoms with Gasteiger partial charge in [-0.15, -0.1) is 10.2 Å². The molecular weight excluding hydrogens is 406 g/mol. The van der Waals surface area contributed by atoms with Crippen molar-refractivity contribution in [2.45, 2.75) is 0 Å². The van der Waals surface area contributed by atoms with E-state index in [0.717, 1.165) is 29.3 Å². The molecule has 0 N–H and O–H groups in total. The maximum Gasteiger partial charge on any atom is 0.303 e. The van der Waals surface area contributed by atoms with Crippen molar-refractivity contribution in [1.29, 1.82) is 0 Å². The Morgan fingerprint density at radius 1 is 0.839 bits per heavy atom. The molecule has 0 aliphatic heterocycles. The molecule has 0 radical (unpaired) electrons. The maximum absolute atomic E-state index is 11.1. The number of benzene rings is 3. The average molecular weight is 417 g/mol. The Hall–Kier alpha value is -4.87. The van der Waals surface area contributed by atoms with Crippen molar-refractivity contribution in [2.24, 2.45) is 20.7 Å². The van der Waals surface area contributed by atoms with E-state index >= 15 is 0 Å². The molecule has 1 aromatic heterocycles. The minimum atomic E-state index is -0.788. The third-order valence-electron chi connectivity index (χ3n) is 4.13. The second-order valence-corrected chi connectivity index (χ2v) is 6.10. The van der Waals surface area contributed by atoms with Crippen molar-refractivity contribution in [1.82, 2.24) is 4.98 Å². The summed E-state index contributed by atoms with van der Waals surface area (Å²) in [5.41, 5.74) is 1.47. The van der Waals surface area contributed by atoms with Crippen molar-refractivity contribution >= 4 is 33.8 Å². The van der Waals surface area contributed by atoms with E-state index in [2.05, 4.69) is 25.7 Å². The highest BCUT2D eigenvalue weighted by molar-refractivity contribution is 5.76. The fraction of sp³-hybridized carbons (Fsp3) is 0. The van der Waals surface area contributed by atoms with Gasteiger partial charge in [-0.25, -0.2) is 4.98 Å². The molecule has 4 aromatic rings. The first-order valence-corrected chi connectivity index (χ1v) is 8.72. The van der Waals surface area contributed by atoms with Crippen LogP contribution in [0, 0.1) is 20.2 Å². The van der Waals surface area contributed by atoms with Crippen LogP contribution in [0.15, 0.2) is 91.8 Å². The van der Waals surface area contributed by atoms with Gasteiger partial charge < -0.3 is 4.42 Å². The predicted molar refractivity (Wildman–Crippen MR) is 108 cm³/mol. The van der Waals surface area contributed by atoms with Crippen LogP contribution in [0.1, 0.15) is 0 Å². The SMILES string of the molecule is O=[N+]([O-])c1ccc(N=NN=Nc2ccc(-c3nc4ccccc4o3)cc2)c([N+](=O)[O-])c1. The second kappa shape index (κ2) is 8.24. The number of hydrogen-bond acceptors (Lipinski definition) is 8. The van der Waals surface area contributed by atoms with Crippen molar-refractivity contribution < 1.29 is 14.3 Å². The van der Waals surface area contributed by atoms with E-state index in [1.54, 1.807) is 24.3 Å². The number of non-ortho nitro benzene ring substituents is 1. The minimum Gasteiger partial charge on any atom is -0.436 e. The summed E-state index contributed by atoms with van der Waals surface area (Å²) in [6.07, 6.45) is 0. The summed E-state index contributed by atoms with van der Waals surface area (Å²) in [5.74, 6) is 0.467. The van der Waals surface area contributed by atoms with Crippen LogP contribution < -0.4 is 0 Å². The number of para-hydroxylation sites is 2. The number of hydrogen-bond donors (Lipinski definition) is 0. The predicted octanol–water partition coefficient (Wildman–Crippen LogP) is 6.09. The van der Waals surface area contributed by atoms with E-state index in [1.165, 1.54) is 0 Å². The molecule has 1 heterocycles. The largest absolute Gasteiger partial charge is 0.436 e. The number of rotatable bonds is 6. The number of nitro groups is 2. The number of aromatic nitrogens is 1. The minimum absolute atomic E-state index is 0.180. The molecule has 31 heavy (non-hydrogen) atoms. The summed E-state index contributed by atoms with van der Waals surface area (Å²) in [6.45, 7) is 0. The summed E-state index contributed by atoms with van der Waals surface area (Å²) in [4.78, 5) is 24.7. The van der Waals surface area contributed by atoms with Crippen LogP contribution in [-0.4, -0.2) is 14.8 Å². The normalized spacial score (nSPS) is 11.5. The zero-order valence-corrected chi connectivity index (χ0v) is 15.5. The molecule has 0 bridgehead atoms. The van der Waals surface area contributed by atoms with Gasteiger partial charge in [0.2, 0.25) is 5.89 Å². The van der Waals surface area contributed by atoms with Gasteiger partial charge in [0.15, 0.2) is 11.3 Å². The maximum atomic E-state index is 11.1. The van der Waals surface area contributed by atoms with Crippen molar-refractivity contribution in [3.05, 3.63) is 87.0 Å². The molecular formula is C19H11N7O5. The lowest BCUT2D eigenvalue weighted by atomic mass is 10.2. The molecule has 0 aliphatic rings. The van der Waals surface area contributed by atoms with Crippen LogP contribution in [0.4, 0.5) is 22.7 Å². The first-order chi connectivity index (χ1) is 15.0. The number of nitrogens with zero attached hydrogens (tertiary/aromatic N) is 7. The molecule has 0 fully saturated rings. The smallest absolute Gasteiger partial charge is 0.303 e. The fourth-order valence-corrected chi connectivity index (χ4v) is 2.66. The van der Waals surface area contributed by atoms with Crippen LogP contribution in [0.5, 0.6) is 0 Å². The standard InChI is InChI=1S/C19H11N7O5/c27-25(28)14-9-10-15(17(11-14)26(29)30)22-24-23-21-13-7-5-12(6-8-13)19-20-16-3-1-2-4-18(16)31-19/h1-11H.